The van der Waals surface area contributed by atoms with Crippen LogP contribution in [0.1, 0.15) is 48.5 Å². The maximum atomic E-state index is 4.73. The Bertz CT molecular complexity index is 605. The van der Waals surface area contributed by atoms with Gasteiger partial charge in [-0.2, -0.15) is 0 Å². The van der Waals surface area contributed by atoms with Crippen LogP contribution in [0.5, 0.6) is 0 Å². The summed E-state index contributed by atoms with van der Waals surface area (Å²) >= 11 is 0. The third-order valence-electron chi connectivity index (χ3n) is 3.62. The van der Waals surface area contributed by atoms with Crippen LogP contribution in [-0.4, -0.2) is 16.5 Å². The van der Waals surface area contributed by atoms with Gasteiger partial charge in [0.2, 0.25) is 0 Å². The van der Waals surface area contributed by atoms with Crippen LogP contribution in [0.3, 0.4) is 0 Å². The van der Waals surface area contributed by atoms with Gasteiger partial charge < -0.3 is 5.32 Å². The zero-order chi connectivity index (χ0) is 15.2. The van der Waals surface area contributed by atoms with Gasteiger partial charge in [-0.25, -0.2) is 9.97 Å². The molecule has 3 nitrogen and oxygen atoms in total. The van der Waals surface area contributed by atoms with Crippen LogP contribution in [0, 0.1) is 13.8 Å². The molecule has 0 atom stereocenters. The Morgan fingerprint density at radius 3 is 2.57 bits per heavy atom. The second-order valence-electron chi connectivity index (χ2n) is 5.51. The molecule has 2 aromatic rings. The average molecular weight is 283 g/mol. The van der Waals surface area contributed by atoms with Crippen molar-refractivity contribution in [3.8, 4) is 0 Å². The number of hydrogen-bond acceptors (Lipinski definition) is 3. The van der Waals surface area contributed by atoms with E-state index in [2.05, 4.69) is 57.3 Å². The van der Waals surface area contributed by atoms with E-state index in [9.17, 15) is 0 Å². The van der Waals surface area contributed by atoms with Crippen LogP contribution in [0.25, 0.3) is 0 Å². The van der Waals surface area contributed by atoms with Crippen LogP contribution in [0.4, 0.5) is 5.82 Å². The summed E-state index contributed by atoms with van der Waals surface area (Å²) in [6.07, 6.45) is 2.82. The van der Waals surface area contributed by atoms with Gasteiger partial charge in [0.15, 0.2) is 0 Å². The lowest BCUT2D eigenvalue weighted by molar-refractivity contribution is 0.876. The molecule has 0 radical (unpaired) electrons. The van der Waals surface area contributed by atoms with Crippen molar-refractivity contribution in [2.24, 2.45) is 0 Å². The fourth-order valence-electron chi connectivity index (χ4n) is 2.46. The van der Waals surface area contributed by atoms with E-state index in [4.69, 9.17) is 9.97 Å². The third-order valence-corrected chi connectivity index (χ3v) is 3.62. The lowest BCUT2D eigenvalue weighted by Crippen LogP contribution is -2.10. The Morgan fingerprint density at radius 2 is 1.90 bits per heavy atom. The van der Waals surface area contributed by atoms with Crippen LogP contribution in [0.2, 0.25) is 0 Å². The molecule has 1 N–H and O–H groups in total. The molecule has 0 aliphatic heterocycles. The summed E-state index contributed by atoms with van der Waals surface area (Å²) in [5, 5.41) is 3.42. The number of aromatic nitrogens is 2. The second kappa shape index (κ2) is 7.21. The molecular formula is C18H25N3. The lowest BCUT2D eigenvalue weighted by Gasteiger charge is -2.13. The van der Waals surface area contributed by atoms with Crippen LogP contribution in [-0.2, 0) is 12.8 Å². The molecule has 1 aromatic heterocycles. The fourth-order valence-corrected chi connectivity index (χ4v) is 2.46. The van der Waals surface area contributed by atoms with Crippen molar-refractivity contribution >= 4 is 5.82 Å². The van der Waals surface area contributed by atoms with Crippen LogP contribution < -0.4 is 5.32 Å². The van der Waals surface area contributed by atoms with Crippen molar-refractivity contribution in [1.82, 2.24) is 9.97 Å². The van der Waals surface area contributed by atoms with E-state index in [0.29, 0.717) is 0 Å². The highest BCUT2D eigenvalue weighted by Gasteiger charge is 2.10. The monoisotopic (exact) mass is 283 g/mol. The smallest absolute Gasteiger partial charge is 0.135 e. The first-order valence-corrected chi connectivity index (χ1v) is 7.79. The predicted octanol–water partition coefficient (Wildman–Crippen LogP) is 4.07. The van der Waals surface area contributed by atoms with Crippen LogP contribution >= 0.6 is 0 Å². The lowest BCUT2D eigenvalue weighted by atomic mass is 10.1. The van der Waals surface area contributed by atoms with E-state index < -0.39 is 0 Å². The molecular weight excluding hydrogens is 258 g/mol. The summed E-state index contributed by atoms with van der Waals surface area (Å²) in [5.74, 6) is 1.90. The van der Waals surface area contributed by atoms with E-state index in [1.54, 1.807) is 0 Å². The third kappa shape index (κ3) is 4.03. The number of aryl methyl sites for hydroxylation is 2. The normalized spacial score (nSPS) is 10.7. The van der Waals surface area contributed by atoms with Gasteiger partial charge in [-0.15, -0.1) is 0 Å². The van der Waals surface area contributed by atoms with Gasteiger partial charge in [0.05, 0.1) is 0 Å². The highest BCUT2D eigenvalue weighted by Crippen LogP contribution is 2.18. The first-order valence-electron chi connectivity index (χ1n) is 7.79. The van der Waals surface area contributed by atoms with E-state index in [-0.39, 0.29) is 0 Å². The molecule has 0 aliphatic carbocycles. The number of rotatable bonds is 6. The SMILES string of the molecule is CCCNc1nc(Cc2cccc(C)c2)nc(CC)c1C. The summed E-state index contributed by atoms with van der Waals surface area (Å²) in [7, 11) is 0. The number of nitrogens with one attached hydrogen (secondary N) is 1. The fraction of sp³-hybridized carbons (Fsp3) is 0.444. The highest BCUT2D eigenvalue weighted by atomic mass is 15.0. The van der Waals surface area contributed by atoms with Crippen LogP contribution in [0.15, 0.2) is 24.3 Å². The molecule has 1 heterocycles. The number of anilines is 1. The molecule has 0 aliphatic rings. The Hall–Kier alpha value is -1.90. The summed E-state index contributed by atoms with van der Waals surface area (Å²) in [6, 6.07) is 8.55. The molecule has 0 amide bonds. The largest absolute Gasteiger partial charge is 0.370 e. The second-order valence-corrected chi connectivity index (χ2v) is 5.51. The van der Waals surface area contributed by atoms with Crippen molar-refractivity contribution in [2.75, 3.05) is 11.9 Å². The van der Waals surface area contributed by atoms with E-state index >= 15 is 0 Å². The molecule has 0 fully saturated rings. The molecule has 0 saturated heterocycles. The minimum absolute atomic E-state index is 0.787. The summed E-state index contributed by atoms with van der Waals surface area (Å²) in [5.41, 5.74) is 4.87. The predicted molar refractivity (Wildman–Crippen MR) is 88.9 cm³/mol. The summed E-state index contributed by atoms with van der Waals surface area (Å²) in [6.45, 7) is 9.48. The molecule has 21 heavy (non-hydrogen) atoms. The first kappa shape index (κ1) is 15.5. The van der Waals surface area contributed by atoms with Gasteiger partial charge in [0.1, 0.15) is 11.6 Å². The van der Waals surface area contributed by atoms with Crippen molar-refractivity contribution < 1.29 is 0 Å². The van der Waals surface area contributed by atoms with Crippen molar-refractivity contribution in [3.63, 3.8) is 0 Å². The zero-order valence-corrected chi connectivity index (χ0v) is 13.5. The minimum Gasteiger partial charge on any atom is -0.370 e. The number of hydrogen-bond donors (Lipinski definition) is 1. The highest BCUT2D eigenvalue weighted by molar-refractivity contribution is 5.46. The quantitative estimate of drug-likeness (QED) is 0.868. The molecule has 0 saturated carbocycles. The zero-order valence-electron chi connectivity index (χ0n) is 13.5. The van der Waals surface area contributed by atoms with Gasteiger partial charge in [-0.1, -0.05) is 43.7 Å². The molecule has 2 rings (SSSR count). The topological polar surface area (TPSA) is 37.8 Å². The first-order chi connectivity index (χ1) is 10.1. The van der Waals surface area contributed by atoms with E-state index in [1.807, 2.05) is 0 Å². The van der Waals surface area contributed by atoms with E-state index in [0.717, 1.165) is 43.1 Å². The molecule has 112 valence electrons. The van der Waals surface area contributed by atoms with Gasteiger partial charge in [0, 0.05) is 24.2 Å². The average Bonchev–Trinajstić information content (AvgIpc) is 2.47. The molecule has 0 spiro atoms. The van der Waals surface area contributed by atoms with Crippen molar-refractivity contribution in [2.45, 2.75) is 47.0 Å². The van der Waals surface area contributed by atoms with E-state index in [1.165, 1.54) is 16.7 Å². The van der Waals surface area contributed by atoms with Gasteiger partial charge in [-0.3, -0.25) is 0 Å². The molecule has 0 unspecified atom stereocenters. The van der Waals surface area contributed by atoms with Gasteiger partial charge >= 0.3 is 0 Å². The Labute approximate surface area is 127 Å². The minimum atomic E-state index is 0.787. The summed E-state index contributed by atoms with van der Waals surface area (Å²) < 4.78 is 0. The van der Waals surface area contributed by atoms with Crippen molar-refractivity contribution in [1.29, 1.82) is 0 Å². The molecule has 1 aromatic carbocycles. The Balaban J connectivity index is 2.30. The maximum absolute atomic E-state index is 4.73. The van der Waals surface area contributed by atoms with Gasteiger partial charge in [-0.05, 0) is 32.3 Å². The Morgan fingerprint density at radius 1 is 1.10 bits per heavy atom. The van der Waals surface area contributed by atoms with Crippen molar-refractivity contribution in [3.05, 3.63) is 52.5 Å². The molecule has 0 bridgehead atoms. The molecule has 3 heteroatoms. The maximum Gasteiger partial charge on any atom is 0.135 e. The number of nitrogens with zero attached hydrogens (tertiary/aromatic N) is 2. The standard InChI is InChI=1S/C18H25N3/c1-5-10-19-18-14(4)16(6-2)20-17(21-18)12-15-9-7-8-13(3)11-15/h7-9,11H,5-6,10,12H2,1-4H3,(H,19,20,21). The van der Waals surface area contributed by atoms with Gasteiger partial charge in [0.25, 0.3) is 0 Å². The number of benzene rings is 1. The summed E-state index contributed by atoms with van der Waals surface area (Å²) in [4.78, 5) is 9.45. The Kier molecular flexibility index (Phi) is 5.32.